The van der Waals surface area contributed by atoms with Gasteiger partial charge in [-0.15, -0.1) is 11.8 Å². The second-order valence-electron chi connectivity index (χ2n) is 3.97. The van der Waals surface area contributed by atoms with Crippen molar-refractivity contribution in [3.05, 3.63) is 23.0 Å². The summed E-state index contributed by atoms with van der Waals surface area (Å²) in [6, 6.07) is 2.41. The van der Waals surface area contributed by atoms with Gasteiger partial charge in [0.15, 0.2) is 5.82 Å². The smallest absolute Gasteiger partial charge is 0.373 e. The summed E-state index contributed by atoms with van der Waals surface area (Å²) in [7, 11) is 0. The number of nitrogens with one attached hydrogen (secondary N) is 1. The predicted octanol–water partition coefficient (Wildman–Crippen LogP) is 3.45. The third-order valence-electron chi connectivity index (χ3n) is 2.51. The summed E-state index contributed by atoms with van der Waals surface area (Å²) in [5, 5.41) is 10.4. The fraction of sp³-hybridized carbons (Fsp3) is 0.364. The fourth-order valence-corrected chi connectivity index (χ4v) is 1.91. The lowest BCUT2D eigenvalue weighted by molar-refractivity contribution is -0.242. The first-order chi connectivity index (χ1) is 9.02. The second kappa shape index (κ2) is 5.79. The van der Waals surface area contributed by atoms with Crippen molar-refractivity contribution in [3.63, 3.8) is 0 Å². The molecule has 0 heterocycles. The van der Waals surface area contributed by atoms with Crippen LogP contribution >= 0.6 is 23.4 Å². The summed E-state index contributed by atoms with van der Waals surface area (Å²) in [5.41, 5.74) is -3.96. The highest BCUT2D eigenvalue weighted by atomic mass is 35.5. The second-order valence-corrected chi connectivity index (χ2v) is 5.19. The largest absolute Gasteiger partial charge is 0.426 e. The maximum absolute atomic E-state index is 13.7. The van der Waals surface area contributed by atoms with Crippen molar-refractivity contribution in [1.29, 1.82) is 0 Å². The molecule has 1 amide bonds. The molecule has 1 unspecified atom stereocenters. The lowest BCUT2D eigenvalue weighted by Gasteiger charge is -2.25. The molecule has 1 rings (SSSR count). The van der Waals surface area contributed by atoms with Gasteiger partial charge in [0.05, 0.1) is 5.69 Å². The number of benzene rings is 1. The van der Waals surface area contributed by atoms with Crippen molar-refractivity contribution in [2.24, 2.45) is 0 Å². The van der Waals surface area contributed by atoms with E-state index in [4.69, 9.17) is 16.7 Å². The highest BCUT2D eigenvalue weighted by Gasteiger charge is 2.55. The van der Waals surface area contributed by atoms with E-state index < -0.39 is 28.5 Å². The van der Waals surface area contributed by atoms with Crippen LogP contribution in [0.25, 0.3) is 0 Å². The number of hydrogen-bond donors (Lipinski definition) is 2. The molecular formula is C11H10ClF4NO2S. The molecule has 0 aliphatic rings. The Labute approximate surface area is 121 Å². The number of hydrogen-bond acceptors (Lipinski definition) is 3. The molecule has 1 aromatic rings. The van der Waals surface area contributed by atoms with Crippen molar-refractivity contribution in [2.45, 2.75) is 23.6 Å². The maximum Gasteiger partial charge on any atom is 0.426 e. The zero-order valence-electron chi connectivity index (χ0n) is 10.3. The monoisotopic (exact) mass is 331 g/mol. The quantitative estimate of drug-likeness (QED) is 0.659. The average molecular weight is 332 g/mol. The van der Waals surface area contributed by atoms with Crippen LogP contribution in [0.15, 0.2) is 17.0 Å². The minimum Gasteiger partial charge on any atom is -0.373 e. The maximum atomic E-state index is 13.7. The van der Waals surface area contributed by atoms with Gasteiger partial charge in [-0.1, -0.05) is 11.6 Å². The molecule has 0 saturated carbocycles. The molecule has 0 bridgehead atoms. The molecule has 9 heteroatoms. The Morgan fingerprint density at radius 1 is 1.40 bits per heavy atom. The number of carbonyl (C=O) groups is 1. The Bertz CT molecular complexity index is 534. The summed E-state index contributed by atoms with van der Waals surface area (Å²) in [4.78, 5) is 11.6. The van der Waals surface area contributed by atoms with Crippen LogP contribution in [0.4, 0.5) is 23.2 Å². The number of halogens is 5. The van der Waals surface area contributed by atoms with Crippen molar-refractivity contribution in [1.82, 2.24) is 0 Å². The summed E-state index contributed by atoms with van der Waals surface area (Å²) in [6.07, 6.45) is -3.58. The number of carbonyl (C=O) groups excluding carboxylic acids is 1. The van der Waals surface area contributed by atoms with E-state index in [1.807, 2.05) is 0 Å². The predicted molar refractivity (Wildman–Crippen MR) is 68.5 cm³/mol. The van der Waals surface area contributed by atoms with Crippen LogP contribution in [-0.2, 0) is 4.79 Å². The normalized spacial score (nSPS) is 14.8. The number of rotatable bonds is 3. The highest BCUT2D eigenvalue weighted by Crippen LogP contribution is 2.34. The average Bonchev–Trinajstić information content (AvgIpc) is 2.33. The lowest BCUT2D eigenvalue weighted by atomic mass is 10.1. The molecular weight excluding hydrogens is 322 g/mol. The summed E-state index contributed by atoms with van der Waals surface area (Å²) >= 11 is 6.67. The first kappa shape index (κ1) is 17.1. The molecule has 0 fully saturated rings. The van der Waals surface area contributed by atoms with Crippen molar-refractivity contribution >= 4 is 35.0 Å². The first-order valence-corrected chi connectivity index (χ1v) is 6.75. The lowest BCUT2D eigenvalue weighted by Crippen LogP contribution is -2.52. The molecule has 0 aliphatic heterocycles. The van der Waals surface area contributed by atoms with Crippen LogP contribution in [0.1, 0.15) is 6.92 Å². The van der Waals surface area contributed by atoms with Gasteiger partial charge in [-0.05, 0) is 25.3 Å². The summed E-state index contributed by atoms with van der Waals surface area (Å²) < 4.78 is 51.0. The van der Waals surface area contributed by atoms with Crippen LogP contribution in [0, 0.1) is 5.82 Å². The van der Waals surface area contributed by atoms with E-state index in [0.717, 1.165) is 17.8 Å². The van der Waals surface area contributed by atoms with Crippen LogP contribution < -0.4 is 5.32 Å². The highest BCUT2D eigenvalue weighted by molar-refractivity contribution is 7.98. The van der Waals surface area contributed by atoms with Crippen molar-refractivity contribution < 1.29 is 27.5 Å². The molecule has 0 aromatic heterocycles. The Balaban J connectivity index is 3.07. The summed E-state index contributed by atoms with van der Waals surface area (Å²) in [6.45, 7) is 0.295. The number of alkyl halides is 3. The third kappa shape index (κ3) is 3.18. The molecule has 0 saturated heterocycles. The van der Waals surface area contributed by atoms with Crippen LogP contribution in [0.5, 0.6) is 0 Å². The Hall–Kier alpha value is -0.990. The van der Waals surface area contributed by atoms with Crippen molar-refractivity contribution in [3.8, 4) is 0 Å². The minimum absolute atomic E-state index is 0.176. The topological polar surface area (TPSA) is 49.3 Å². The van der Waals surface area contributed by atoms with Gasteiger partial charge in [-0.2, -0.15) is 13.2 Å². The van der Waals surface area contributed by atoms with Gasteiger partial charge in [-0.25, -0.2) is 4.39 Å². The van der Waals surface area contributed by atoms with Gasteiger partial charge in [-0.3, -0.25) is 4.79 Å². The standard InChI is InChI=1S/C11H10ClF4NO2S/c1-10(19,11(14,15)16)9(18)17-5-3-4-6(20-2)8(13)7(5)12/h3-4,19H,1-2H3,(H,17,18). The Kier molecular flexibility index (Phi) is 4.94. The van der Waals surface area contributed by atoms with E-state index in [2.05, 4.69) is 0 Å². The van der Waals surface area contributed by atoms with Gasteiger partial charge < -0.3 is 10.4 Å². The number of aliphatic hydroxyl groups is 1. The number of anilines is 1. The van der Waals surface area contributed by atoms with Gasteiger partial charge >= 0.3 is 6.18 Å². The van der Waals surface area contributed by atoms with Crippen LogP contribution in [-0.4, -0.2) is 29.0 Å². The molecule has 2 N–H and O–H groups in total. The van der Waals surface area contributed by atoms with E-state index in [1.165, 1.54) is 6.07 Å². The van der Waals surface area contributed by atoms with Gasteiger partial charge in [0.2, 0.25) is 5.60 Å². The number of thioether (sulfide) groups is 1. The summed E-state index contributed by atoms with van der Waals surface area (Å²) in [5.74, 6) is -2.60. The van der Waals surface area contributed by atoms with Gasteiger partial charge in [0.25, 0.3) is 5.91 Å². The van der Waals surface area contributed by atoms with Gasteiger partial charge in [0.1, 0.15) is 5.02 Å². The molecule has 20 heavy (non-hydrogen) atoms. The van der Waals surface area contributed by atoms with Crippen LogP contribution in [0.2, 0.25) is 5.02 Å². The Morgan fingerprint density at radius 3 is 2.40 bits per heavy atom. The van der Waals surface area contributed by atoms with E-state index >= 15 is 0 Å². The molecule has 1 aromatic carbocycles. The molecule has 3 nitrogen and oxygen atoms in total. The molecule has 0 radical (unpaired) electrons. The van der Waals surface area contributed by atoms with E-state index in [1.54, 1.807) is 11.6 Å². The van der Waals surface area contributed by atoms with E-state index in [9.17, 15) is 22.4 Å². The molecule has 1 atom stereocenters. The van der Waals surface area contributed by atoms with E-state index in [0.29, 0.717) is 6.92 Å². The van der Waals surface area contributed by atoms with Gasteiger partial charge in [0, 0.05) is 4.90 Å². The minimum atomic E-state index is -5.17. The Morgan fingerprint density at radius 2 is 1.95 bits per heavy atom. The first-order valence-electron chi connectivity index (χ1n) is 5.15. The zero-order valence-corrected chi connectivity index (χ0v) is 11.9. The molecule has 0 aliphatic carbocycles. The molecule has 112 valence electrons. The van der Waals surface area contributed by atoms with E-state index in [-0.39, 0.29) is 10.6 Å². The SMILES string of the molecule is CSc1ccc(NC(=O)C(C)(O)C(F)(F)F)c(Cl)c1F. The zero-order chi connectivity index (χ0) is 15.7. The van der Waals surface area contributed by atoms with Crippen LogP contribution in [0.3, 0.4) is 0 Å². The number of amides is 1. The van der Waals surface area contributed by atoms with Crippen molar-refractivity contribution in [2.75, 3.05) is 11.6 Å². The molecule has 0 spiro atoms. The fourth-order valence-electron chi connectivity index (χ4n) is 1.16. The third-order valence-corrected chi connectivity index (χ3v) is 3.63.